The molecule has 0 unspecified atom stereocenters. The summed E-state index contributed by atoms with van der Waals surface area (Å²) in [5.41, 5.74) is 1.10. The Kier molecular flexibility index (Phi) is 5.37. The maximum atomic E-state index is 10.2. The van der Waals surface area contributed by atoms with Crippen molar-refractivity contribution in [2.75, 3.05) is 20.1 Å². The number of hydrogen-bond donors (Lipinski definition) is 1. The highest BCUT2D eigenvalue weighted by Gasteiger charge is 2.00. The number of aliphatic carboxylic acids is 1. The number of hydrogen-bond acceptors (Lipinski definition) is 2. The first-order valence-corrected chi connectivity index (χ1v) is 4.07. The maximum absolute atomic E-state index is 10.2. The van der Waals surface area contributed by atoms with Crippen molar-refractivity contribution in [3.8, 4) is 0 Å². The lowest BCUT2D eigenvalue weighted by atomic mass is 10.2. The van der Waals surface area contributed by atoms with Gasteiger partial charge in [0.1, 0.15) is 0 Å². The SMILES string of the molecule is C=C(C)CN(C)CCCC(=O)O. The largest absolute Gasteiger partial charge is 0.481 e. The molecule has 0 bridgehead atoms. The summed E-state index contributed by atoms with van der Waals surface area (Å²) in [6.45, 7) is 7.41. The highest BCUT2D eigenvalue weighted by Crippen LogP contribution is 1.96. The minimum absolute atomic E-state index is 0.251. The smallest absolute Gasteiger partial charge is 0.303 e. The van der Waals surface area contributed by atoms with Gasteiger partial charge in [0.15, 0.2) is 0 Å². The Hall–Kier alpha value is -0.830. The zero-order chi connectivity index (χ0) is 9.56. The fourth-order valence-corrected chi connectivity index (χ4v) is 1.04. The van der Waals surface area contributed by atoms with Crippen molar-refractivity contribution in [3.63, 3.8) is 0 Å². The van der Waals surface area contributed by atoms with E-state index in [0.717, 1.165) is 18.7 Å². The Labute approximate surface area is 73.7 Å². The average Bonchev–Trinajstić information content (AvgIpc) is 1.84. The van der Waals surface area contributed by atoms with E-state index in [2.05, 4.69) is 11.5 Å². The fourth-order valence-electron chi connectivity index (χ4n) is 1.04. The number of nitrogens with zero attached hydrogens (tertiary/aromatic N) is 1. The molecule has 1 N–H and O–H groups in total. The third-order valence-corrected chi connectivity index (χ3v) is 1.47. The average molecular weight is 171 g/mol. The van der Waals surface area contributed by atoms with Crippen LogP contribution in [0.1, 0.15) is 19.8 Å². The molecular formula is C9H17NO2. The number of carboxylic acids is 1. The van der Waals surface area contributed by atoms with E-state index in [0.29, 0.717) is 6.42 Å². The molecule has 0 amide bonds. The third-order valence-electron chi connectivity index (χ3n) is 1.47. The first-order valence-electron chi connectivity index (χ1n) is 4.07. The molecule has 0 aliphatic rings. The lowest BCUT2D eigenvalue weighted by Gasteiger charge is -2.15. The maximum Gasteiger partial charge on any atom is 0.303 e. The third kappa shape index (κ3) is 7.28. The first kappa shape index (κ1) is 11.2. The fraction of sp³-hybridized carbons (Fsp3) is 0.667. The van der Waals surface area contributed by atoms with Crippen LogP contribution in [0.4, 0.5) is 0 Å². The second-order valence-corrected chi connectivity index (χ2v) is 3.19. The molecule has 70 valence electrons. The Morgan fingerprint density at radius 3 is 2.58 bits per heavy atom. The molecule has 0 radical (unpaired) electrons. The molecule has 0 fully saturated rings. The molecule has 0 atom stereocenters. The lowest BCUT2D eigenvalue weighted by molar-refractivity contribution is -0.137. The van der Waals surface area contributed by atoms with Crippen LogP contribution in [0.5, 0.6) is 0 Å². The number of carboxylic acid groups (broad SMARTS) is 1. The van der Waals surface area contributed by atoms with Crippen LogP contribution in [-0.4, -0.2) is 36.1 Å². The van der Waals surface area contributed by atoms with Crippen LogP contribution in [-0.2, 0) is 4.79 Å². The van der Waals surface area contributed by atoms with Crippen molar-refractivity contribution in [1.29, 1.82) is 0 Å². The summed E-state index contributed by atoms with van der Waals surface area (Å²) in [6, 6.07) is 0. The molecule has 0 saturated heterocycles. The molecule has 0 rings (SSSR count). The van der Waals surface area contributed by atoms with E-state index in [-0.39, 0.29) is 6.42 Å². The Balaban J connectivity index is 3.37. The molecule has 0 heterocycles. The molecule has 3 nitrogen and oxygen atoms in total. The molecular weight excluding hydrogens is 154 g/mol. The van der Waals surface area contributed by atoms with Crippen LogP contribution >= 0.6 is 0 Å². The number of rotatable bonds is 6. The summed E-state index contributed by atoms with van der Waals surface area (Å²) < 4.78 is 0. The van der Waals surface area contributed by atoms with E-state index >= 15 is 0 Å². The zero-order valence-electron chi connectivity index (χ0n) is 7.84. The monoisotopic (exact) mass is 171 g/mol. The molecule has 12 heavy (non-hydrogen) atoms. The van der Waals surface area contributed by atoms with E-state index in [1.807, 2.05) is 14.0 Å². The van der Waals surface area contributed by atoms with Gasteiger partial charge in [0, 0.05) is 13.0 Å². The molecule has 0 aromatic heterocycles. The predicted molar refractivity (Wildman–Crippen MR) is 49.2 cm³/mol. The van der Waals surface area contributed by atoms with Crippen molar-refractivity contribution < 1.29 is 9.90 Å². The van der Waals surface area contributed by atoms with Crippen LogP contribution < -0.4 is 0 Å². The standard InChI is InChI=1S/C9H17NO2/c1-8(2)7-10(3)6-4-5-9(11)12/h1,4-7H2,2-3H3,(H,11,12). The van der Waals surface area contributed by atoms with Gasteiger partial charge in [-0.05, 0) is 26.9 Å². The van der Waals surface area contributed by atoms with E-state index in [4.69, 9.17) is 5.11 Å². The van der Waals surface area contributed by atoms with Gasteiger partial charge in [-0.25, -0.2) is 0 Å². The minimum Gasteiger partial charge on any atom is -0.481 e. The van der Waals surface area contributed by atoms with Gasteiger partial charge in [0.25, 0.3) is 0 Å². The quantitative estimate of drug-likeness (QED) is 0.613. The Bertz CT molecular complexity index is 166. The van der Waals surface area contributed by atoms with E-state index in [9.17, 15) is 4.79 Å². The summed E-state index contributed by atoms with van der Waals surface area (Å²) in [4.78, 5) is 12.2. The minimum atomic E-state index is -0.723. The van der Waals surface area contributed by atoms with Gasteiger partial charge in [0.2, 0.25) is 0 Å². The normalized spacial score (nSPS) is 10.2. The van der Waals surface area contributed by atoms with Crippen molar-refractivity contribution in [1.82, 2.24) is 4.90 Å². The van der Waals surface area contributed by atoms with Crippen molar-refractivity contribution in [3.05, 3.63) is 12.2 Å². The molecule has 0 aromatic rings. The molecule has 0 aliphatic carbocycles. The van der Waals surface area contributed by atoms with Crippen molar-refractivity contribution in [2.45, 2.75) is 19.8 Å². The molecule has 0 spiro atoms. The van der Waals surface area contributed by atoms with E-state index < -0.39 is 5.97 Å². The molecule has 0 aliphatic heterocycles. The van der Waals surface area contributed by atoms with Gasteiger partial charge in [-0.15, -0.1) is 0 Å². The van der Waals surface area contributed by atoms with Gasteiger partial charge >= 0.3 is 5.97 Å². The first-order chi connectivity index (χ1) is 5.52. The number of carbonyl (C=O) groups is 1. The van der Waals surface area contributed by atoms with Crippen molar-refractivity contribution in [2.24, 2.45) is 0 Å². The lowest BCUT2D eigenvalue weighted by Crippen LogP contribution is -2.21. The van der Waals surface area contributed by atoms with Gasteiger partial charge in [-0.1, -0.05) is 12.2 Å². The number of likely N-dealkylation sites (N-methyl/N-ethyl adjacent to an activating group) is 1. The molecule has 0 aromatic carbocycles. The molecule has 3 heteroatoms. The second kappa shape index (κ2) is 5.77. The topological polar surface area (TPSA) is 40.5 Å². The van der Waals surface area contributed by atoms with Gasteiger partial charge in [0.05, 0.1) is 0 Å². The Morgan fingerprint density at radius 1 is 1.58 bits per heavy atom. The van der Waals surface area contributed by atoms with Crippen LogP contribution in [0.2, 0.25) is 0 Å². The van der Waals surface area contributed by atoms with Gasteiger partial charge < -0.3 is 10.0 Å². The summed E-state index contributed by atoms with van der Waals surface area (Å²) in [5.74, 6) is -0.723. The van der Waals surface area contributed by atoms with Crippen LogP contribution in [0.15, 0.2) is 12.2 Å². The van der Waals surface area contributed by atoms with Crippen LogP contribution in [0.25, 0.3) is 0 Å². The highest BCUT2D eigenvalue weighted by molar-refractivity contribution is 5.66. The van der Waals surface area contributed by atoms with Crippen LogP contribution in [0, 0.1) is 0 Å². The predicted octanol–water partition coefficient (Wildman–Crippen LogP) is 1.36. The van der Waals surface area contributed by atoms with Gasteiger partial charge in [-0.3, -0.25) is 4.79 Å². The summed E-state index contributed by atoms with van der Waals surface area (Å²) >= 11 is 0. The Morgan fingerprint density at radius 2 is 2.17 bits per heavy atom. The highest BCUT2D eigenvalue weighted by atomic mass is 16.4. The molecule has 0 saturated carbocycles. The summed E-state index contributed by atoms with van der Waals surface area (Å²) in [6.07, 6.45) is 0.958. The zero-order valence-corrected chi connectivity index (χ0v) is 7.84. The summed E-state index contributed by atoms with van der Waals surface area (Å²) in [5, 5.41) is 8.37. The van der Waals surface area contributed by atoms with Crippen molar-refractivity contribution >= 4 is 5.97 Å². The van der Waals surface area contributed by atoms with E-state index in [1.165, 1.54) is 0 Å². The van der Waals surface area contributed by atoms with E-state index in [1.54, 1.807) is 0 Å². The summed E-state index contributed by atoms with van der Waals surface area (Å²) in [7, 11) is 1.97. The second-order valence-electron chi connectivity index (χ2n) is 3.19. The van der Waals surface area contributed by atoms with Gasteiger partial charge in [-0.2, -0.15) is 0 Å². The van der Waals surface area contributed by atoms with Crippen LogP contribution in [0.3, 0.4) is 0 Å².